The van der Waals surface area contributed by atoms with E-state index < -0.39 is 0 Å². The fraction of sp³-hybridized carbons (Fsp3) is 0.545. The molecule has 2 atom stereocenters. The summed E-state index contributed by atoms with van der Waals surface area (Å²) in [6.07, 6.45) is 3.59. The first-order valence-corrected chi connectivity index (χ1v) is 6.13. The number of hydrogen-bond donors (Lipinski definition) is 1. The molecule has 88 valence electrons. The summed E-state index contributed by atoms with van der Waals surface area (Å²) < 4.78 is 19.6. The molecule has 0 amide bonds. The fourth-order valence-electron chi connectivity index (χ4n) is 1.84. The lowest BCUT2D eigenvalue weighted by atomic mass is 10.0. The van der Waals surface area contributed by atoms with E-state index in [2.05, 4.69) is 26.2 Å². The Kier molecular flexibility index (Phi) is 3.76. The van der Waals surface area contributed by atoms with E-state index in [1.165, 1.54) is 6.07 Å². The molecular formula is C11H14BrFN2O. The van der Waals surface area contributed by atoms with Gasteiger partial charge in [0.15, 0.2) is 11.6 Å². The zero-order valence-electron chi connectivity index (χ0n) is 9.04. The molecule has 1 fully saturated rings. The van der Waals surface area contributed by atoms with Crippen LogP contribution in [0.2, 0.25) is 0 Å². The molecule has 0 radical (unpaired) electrons. The van der Waals surface area contributed by atoms with Crippen LogP contribution in [0.1, 0.15) is 19.8 Å². The molecule has 16 heavy (non-hydrogen) atoms. The smallest absolute Gasteiger partial charge is 0.166 e. The summed E-state index contributed by atoms with van der Waals surface area (Å²) in [6, 6.07) is 1.66. The highest BCUT2D eigenvalue weighted by molar-refractivity contribution is 9.10. The van der Waals surface area contributed by atoms with Crippen molar-refractivity contribution in [2.24, 2.45) is 0 Å². The lowest BCUT2D eigenvalue weighted by molar-refractivity contribution is 0.0231. The third kappa shape index (κ3) is 2.92. The van der Waals surface area contributed by atoms with Gasteiger partial charge in [0.2, 0.25) is 0 Å². The highest BCUT2D eigenvalue weighted by Crippen LogP contribution is 2.21. The Morgan fingerprint density at radius 3 is 3.12 bits per heavy atom. The predicted molar refractivity (Wildman–Crippen MR) is 64.0 cm³/mol. The largest absolute Gasteiger partial charge is 0.378 e. The van der Waals surface area contributed by atoms with E-state index >= 15 is 0 Å². The molecule has 2 rings (SSSR count). The molecule has 0 spiro atoms. The molecule has 2 heterocycles. The minimum atomic E-state index is -0.325. The lowest BCUT2D eigenvalue weighted by Gasteiger charge is -2.28. The van der Waals surface area contributed by atoms with E-state index in [1.807, 2.05) is 6.92 Å². The summed E-state index contributed by atoms with van der Waals surface area (Å²) in [7, 11) is 0. The van der Waals surface area contributed by atoms with Gasteiger partial charge >= 0.3 is 0 Å². The normalized spacial score (nSPS) is 25.4. The maximum Gasteiger partial charge on any atom is 0.166 e. The average molecular weight is 289 g/mol. The number of anilines is 1. The molecule has 1 aliphatic rings. The Balaban J connectivity index is 2.02. The Morgan fingerprint density at radius 2 is 2.44 bits per heavy atom. The number of ether oxygens (including phenoxy) is 1. The van der Waals surface area contributed by atoms with Crippen LogP contribution in [0.25, 0.3) is 0 Å². The van der Waals surface area contributed by atoms with Gasteiger partial charge in [-0.1, -0.05) is 0 Å². The SMILES string of the molecule is CC1CC(Nc2ncc(Br)cc2F)CCO1. The second-order valence-electron chi connectivity index (χ2n) is 4.03. The van der Waals surface area contributed by atoms with Gasteiger partial charge in [0, 0.05) is 23.3 Å². The maximum absolute atomic E-state index is 13.5. The highest BCUT2D eigenvalue weighted by Gasteiger charge is 2.20. The Hall–Kier alpha value is -0.680. The quantitative estimate of drug-likeness (QED) is 0.909. The van der Waals surface area contributed by atoms with Gasteiger partial charge in [-0.25, -0.2) is 9.37 Å². The number of halogens is 2. The summed E-state index contributed by atoms with van der Waals surface area (Å²) in [4.78, 5) is 4.02. The van der Waals surface area contributed by atoms with Crippen molar-refractivity contribution in [3.8, 4) is 0 Å². The minimum absolute atomic E-state index is 0.227. The minimum Gasteiger partial charge on any atom is -0.378 e. The van der Waals surface area contributed by atoms with E-state index in [0.29, 0.717) is 10.3 Å². The van der Waals surface area contributed by atoms with Crippen molar-refractivity contribution in [2.75, 3.05) is 11.9 Å². The Labute approximate surface area is 103 Å². The van der Waals surface area contributed by atoms with E-state index in [-0.39, 0.29) is 18.0 Å². The van der Waals surface area contributed by atoms with Gasteiger partial charge in [-0.2, -0.15) is 0 Å². The zero-order chi connectivity index (χ0) is 11.5. The summed E-state index contributed by atoms with van der Waals surface area (Å²) in [6.45, 7) is 2.75. The number of nitrogens with one attached hydrogen (secondary N) is 1. The van der Waals surface area contributed by atoms with Gasteiger partial charge in [0.25, 0.3) is 0 Å². The van der Waals surface area contributed by atoms with Crippen molar-refractivity contribution in [1.29, 1.82) is 0 Å². The van der Waals surface area contributed by atoms with Crippen molar-refractivity contribution < 1.29 is 9.13 Å². The Morgan fingerprint density at radius 1 is 1.62 bits per heavy atom. The van der Waals surface area contributed by atoms with E-state index in [0.717, 1.165) is 19.4 Å². The third-order valence-electron chi connectivity index (χ3n) is 2.63. The summed E-state index contributed by atoms with van der Waals surface area (Å²) in [5.41, 5.74) is 0. The molecule has 1 saturated heterocycles. The highest BCUT2D eigenvalue weighted by atomic mass is 79.9. The number of rotatable bonds is 2. The van der Waals surface area contributed by atoms with Gasteiger partial charge < -0.3 is 10.1 Å². The summed E-state index contributed by atoms with van der Waals surface area (Å²) in [5.74, 6) is -0.00387. The molecule has 1 aliphatic heterocycles. The molecule has 1 aromatic heterocycles. The monoisotopic (exact) mass is 288 g/mol. The van der Waals surface area contributed by atoms with Crippen molar-refractivity contribution in [2.45, 2.75) is 31.9 Å². The molecule has 0 aliphatic carbocycles. The van der Waals surface area contributed by atoms with Crippen LogP contribution >= 0.6 is 15.9 Å². The lowest BCUT2D eigenvalue weighted by Crippen LogP contribution is -2.33. The molecule has 1 aromatic rings. The predicted octanol–water partition coefficient (Wildman–Crippen LogP) is 2.96. The average Bonchev–Trinajstić information content (AvgIpc) is 2.22. The van der Waals surface area contributed by atoms with E-state index in [4.69, 9.17) is 4.74 Å². The summed E-state index contributed by atoms with van der Waals surface area (Å²) in [5, 5.41) is 3.12. The standard InChI is InChI=1S/C11H14BrFN2O/c1-7-4-9(2-3-16-7)15-11-10(13)5-8(12)6-14-11/h5-7,9H,2-4H2,1H3,(H,14,15). The third-order valence-corrected chi connectivity index (χ3v) is 3.07. The molecule has 3 nitrogen and oxygen atoms in total. The fourth-order valence-corrected chi connectivity index (χ4v) is 2.15. The van der Waals surface area contributed by atoms with Crippen LogP contribution in [-0.2, 0) is 4.74 Å². The first-order valence-electron chi connectivity index (χ1n) is 5.34. The number of aromatic nitrogens is 1. The summed E-state index contributed by atoms with van der Waals surface area (Å²) >= 11 is 3.18. The first-order chi connectivity index (χ1) is 7.65. The van der Waals surface area contributed by atoms with Crippen LogP contribution in [0.4, 0.5) is 10.2 Å². The molecule has 2 unspecified atom stereocenters. The van der Waals surface area contributed by atoms with E-state index in [1.54, 1.807) is 6.20 Å². The van der Waals surface area contributed by atoms with Gasteiger partial charge in [-0.3, -0.25) is 0 Å². The van der Waals surface area contributed by atoms with Crippen LogP contribution < -0.4 is 5.32 Å². The van der Waals surface area contributed by atoms with Crippen LogP contribution in [0.5, 0.6) is 0 Å². The van der Waals surface area contributed by atoms with Crippen molar-refractivity contribution >= 4 is 21.7 Å². The second-order valence-corrected chi connectivity index (χ2v) is 4.95. The van der Waals surface area contributed by atoms with Crippen LogP contribution in [0.3, 0.4) is 0 Å². The van der Waals surface area contributed by atoms with Crippen molar-refractivity contribution in [3.63, 3.8) is 0 Å². The van der Waals surface area contributed by atoms with Crippen LogP contribution in [-0.4, -0.2) is 23.7 Å². The maximum atomic E-state index is 13.5. The number of nitrogens with zero attached hydrogens (tertiary/aromatic N) is 1. The van der Waals surface area contributed by atoms with Gasteiger partial charge in [-0.15, -0.1) is 0 Å². The molecule has 0 aromatic carbocycles. The molecule has 5 heteroatoms. The first kappa shape index (κ1) is 11.8. The molecule has 0 saturated carbocycles. The second kappa shape index (κ2) is 5.10. The number of pyridine rings is 1. The van der Waals surface area contributed by atoms with Crippen LogP contribution in [0.15, 0.2) is 16.7 Å². The zero-order valence-corrected chi connectivity index (χ0v) is 10.6. The Bertz CT molecular complexity index is 375. The van der Waals surface area contributed by atoms with E-state index in [9.17, 15) is 4.39 Å². The van der Waals surface area contributed by atoms with Crippen molar-refractivity contribution in [3.05, 3.63) is 22.6 Å². The van der Waals surface area contributed by atoms with Crippen LogP contribution in [0, 0.1) is 5.82 Å². The van der Waals surface area contributed by atoms with Gasteiger partial charge in [0.1, 0.15) is 0 Å². The number of hydrogen-bond acceptors (Lipinski definition) is 3. The molecular weight excluding hydrogens is 275 g/mol. The van der Waals surface area contributed by atoms with Gasteiger partial charge in [0.05, 0.1) is 6.10 Å². The van der Waals surface area contributed by atoms with Gasteiger partial charge in [-0.05, 0) is 41.8 Å². The molecule has 0 bridgehead atoms. The van der Waals surface area contributed by atoms with Crippen molar-refractivity contribution in [1.82, 2.24) is 4.98 Å². The molecule has 1 N–H and O–H groups in total. The topological polar surface area (TPSA) is 34.2 Å².